The van der Waals surface area contributed by atoms with Gasteiger partial charge in [-0.15, -0.1) is 0 Å². The molecule has 0 saturated heterocycles. The van der Waals surface area contributed by atoms with Crippen molar-refractivity contribution in [3.63, 3.8) is 0 Å². The Morgan fingerprint density at radius 2 is 1.00 bits per heavy atom. The van der Waals surface area contributed by atoms with Crippen LogP contribution in [0.5, 0.6) is 11.5 Å². The quantitative estimate of drug-likeness (QED) is 0.353. The van der Waals surface area contributed by atoms with Gasteiger partial charge in [0.1, 0.15) is 0 Å². The lowest BCUT2D eigenvalue weighted by molar-refractivity contribution is -0.318. The van der Waals surface area contributed by atoms with Crippen molar-refractivity contribution in [3.8, 4) is 11.5 Å². The molecule has 1 rings (SSSR count). The molecular formula is C5O5-2. The standard InChI is InChI=1S/C5H2O5/c6-1-2(7)4(9)5(10)3(1)8/h6-7H/p-2. The molecule has 0 aliphatic heterocycles. The van der Waals surface area contributed by atoms with Crippen LogP contribution in [0.4, 0.5) is 0 Å². The Labute approximate surface area is 53.5 Å². The fraction of sp³-hybridized carbons (Fsp3) is 0. The summed E-state index contributed by atoms with van der Waals surface area (Å²) in [6, 6.07) is 0. The van der Waals surface area contributed by atoms with Gasteiger partial charge in [0.15, 0.2) is 0 Å². The van der Waals surface area contributed by atoms with Crippen LogP contribution in [0.1, 0.15) is 0 Å². The van der Waals surface area contributed by atoms with Gasteiger partial charge in [-0.2, -0.15) is 0 Å². The highest BCUT2D eigenvalue weighted by Crippen LogP contribution is 2.01. The lowest BCUT2D eigenvalue weighted by Gasteiger charge is -2.05. The van der Waals surface area contributed by atoms with E-state index in [-0.39, 0.29) is 0 Å². The van der Waals surface area contributed by atoms with Crippen molar-refractivity contribution in [2.75, 3.05) is 0 Å². The largest absolute Gasteiger partial charge is 0.870 e. The molecule has 0 heterocycles. The molecule has 0 atom stereocenters. The van der Waals surface area contributed by atoms with Gasteiger partial charge >= 0.3 is 0 Å². The van der Waals surface area contributed by atoms with E-state index in [9.17, 15) is 24.6 Å². The predicted molar refractivity (Wildman–Crippen MR) is 26.5 cm³/mol. The van der Waals surface area contributed by atoms with Gasteiger partial charge in [0, 0.05) is 0 Å². The van der Waals surface area contributed by atoms with Crippen molar-refractivity contribution >= 4 is 0 Å². The number of hydrogen-bond donors (Lipinski definition) is 0. The molecular weight excluding hydrogens is 140 g/mol. The lowest BCUT2D eigenvalue weighted by atomic mass is 10.5. The van der Waals surface area contributed by atoms with Crippen molar-refractivity contribution in [3.05, 3.63) is 30.7 Å². The molecule has 0 aromatic heterocycles. The molecule has 0 spiro atoms. The third-order valence-corrected chi connectivity index (χ3v) is 1.03. The van der Waals surface area contributed by atoms with E-state index in [0.29, 0.717) is 0 Å². The van der Waals surface area contributed by atoms with E-state index in [4.69, 9.17) is 0 Å². The zero-order valence-corrected chi connectivity index (χ0v) is 4.54. The van der Waals surface area contributed by atoms with E-state index in [1.807, 2.05) is 0 Å². The van der Waals surface area contributed by atoms with E-state index in [1.165, 1.54) is 0 Å². The summed E-state index contributed by atoms with van der Waals surface area (Å²) >= 11 is 0. The van der Waals surface area contributed by atoms with Crippen LogP contribution in [-0.4, -0.2) is 0 Å². The summed E-state index contributed by atoms with van der Waals surface area (Å²) in [4.78, 5) is 30.6. The molecule has 1 aromatic rings. The van der Waals surface area contributed by atoms with Crippen molar-refractivity contribution in [1.82, 2.24) is 0 Å². The number of rotatable bonds is 0. The second-order valence-electron chi connectivity index (χ2n) is 1.65. The first-order valence-electron chi connectivity index (χ1n) is 2.27. The van der Waals surface area contributed by atoms with Crippen molar-refractivity contribution in [2.45, 2.75) is 0 Å². The Hall–Kier alpha value is -1.65. The van der Waals surface area contributed by atoms with Crippen molar-refractivity contribution in [2.24, 2.45) is 0 Å². The van der Waals surface area contributed by atoms with E-state index in [0.717, 1.165) is 0 Å². The highest BCUT2D eigenvalue weighted by atomic mass is 16.3. The first kappa shape index (κ1) is 6.47. The molecule has 0 N–H and O–H groups in total. The third-order valence-electron chi connectivity index (χ3n) is 1.03. The van der Waals surface area contributed by atoms with Crippen molar-refractivity contribution in [1.29, 1.82) is 0 Å². The SMILES string of the molecule is O=c1c([O-])c([O-])c(=O)c1=O. The van der Waals surface area contributed by atoms with Gasteiger partial charge in [-0.3, -0.25) is 14.4 Å². The molecule has 0 radical (unpaired) electrons. The van der Waals surface area contributed by atoms with Crippen LogP contribution in [-0.2, 0) is 0 Å². The van der Waals surface area contributed by atoms with E-state index >= 15 is 0 Å². The minimum Gasteiger partial charge on any atom is -0.870 e. The van der Waals surface area contributed by atoms with Gasteiger partial charge in [-0.25, -0.2) is 0 Å². The van der Waals surface area contributed by atoms with Crippen LogP contribution < -0.4 is 26.5 Å². The summed E-state index contributed by atoms with van der Waals surface area (Å²) in [6.45, 7) is 0. The third kappa shape index (κ3) is 0.540. The maximum Gasteiger partial charge on any atom is 0.271 e. The van der Waals surface area contributed by atoms with Gasteiger partial charge < -0.3 is 10.2 Å². The van der Waals surface area contributed by atoms with Gasteiger partial charge in [-0.1, -0.05) is 11.5 Å². The van der Waals surface area contributed by atoms with E-state index in [1.54, 1.807) is 0 Å². The average Bonchev–Trinajstić information content (AvgIpc) is 2.07. The van der Waals surface area contributed by atoms with Crippen LogP contribution in [0.3, 0.4) is 0 Å². The summed E-state index contributed by atoms with van der Waals surface area (Å²) in [6.07, 6.45) is 0. The highest BCUT2D eigenvalue weighted by Gasteiger charge is 2.03. The van der Waals surface area contributed by atoms with Crippen LogP contribution in [0.25, 0.3) is 0 Å². The zero-order valence-electron chi connectivity index (χ0n) is 4.54. The Morgan fingerprint density at radius 3 is 1.10 bits per heavy atom. The number of hydrogen-bond acceptors (Lipinski definition) is 5. The van der Waals surface area contributed by atoms with Gasteiger partial charge in [0.2, 0.25) is 10.9 Å². The minimum absolute atomic E-state index is 1.52. The molecule has 5 heteroatoms. The monoisotopic (exact) mass is 140 g/mol. The summed E-state index contributed by atoms with van der Waals surface area (Å²) in [5, 5.41) is 20.4. The first-order chi connectivity index (χ1) is 4.55. The van der Waals surface area contributed by atoms with Gasteiger partial charge in [0.05, 0.1) is 0 Å². The Balaban J connectivity index is 3.97. The molecule has 1 aromatic carbocycles. The van der Waals surface area contributed by atoms with Crippen LogP contribution in [0.15, 0.2) is 14.4 Å². The fourth-order valence-electron chi connectivity index (χ4n) is 0.516. The van der Waals surface area contributed by atoms with E-state index in [2.05, 4.69) is 0 Å². The van der Waals surface area contributed by atoms with Crippen LogP contribution >= 0.6 is 0 Å². The molecule has 10 heavy (non-hydrogen) atoms. The highest BCUT2D eigenvalue weighted by molar-refractivity contribution is 5.36. The predicted octanol–water partition coefficient (Wildman–Crippen LogP) is -3.21. The maximum absolute atomic E-state index is 10.2. The Bertz CT molecular complexity index is 358. The van der Waals surface area contributed by atoms with E-state index < -0.39 is 27.8 Å². The fourth-order valence-corrected chi connectivity index (χ4v) is 0.516. The smallest absolute Gasteiger partial charge is 0.271 e. The van der Waals surface area contributed by atoms with Crippen molar-refractivity contribution < 1.29 is 10.2 Å². The summed E-state index contributed by atoms with van der Waals surface area (Å²) in [5.41, 5.74) is -4.56. The molecule has 0 saturated carbocycles. The zero-order chi connectivity index (χ0) is 7.89. The molecule has 0 unspecified atom stereocenters. The Morgan fingerprint density at radius 1 is 0.700 bits per heavy atom. The summed E-state index contributed by atoms with van der Waals surface area (Å²) in [5.74, 6) is -3.04. The molecule has 0 fully saturated rings. The molecule has 0 aliphatic carbocycles. The van der Waals surface area contributed by atoms with Crippen LogP contribution in [0, 0.1) is 0 Å². The second-order valence-corrected chi connectivity index (χ2v) is 1.65. The van der Waals surface area contributed by atoms with Gasteiger partial charge in [0.25, 0.3) is 5.43 Å². The Kier molecular flexibility index (Phi) is 1.08. The topological polar surface area (TPSA) is 97.3 Å². The lowest BCUT2D eigenvalue weighted by Crippen LogP contribution is -2.30. The average molecular weight is 140 g/mol. The first-order valence-corrected chi connectivity index (χ1v) is 2.27. The summed E-state index contributed by atoms with van der Waals surface area (Å²) < 4.78 is 0. The summed E-state index contributed by atoms with van der Waals surface area (Å²) in [7, 11) is 0. The normalized spacial score (nSPS) is 10.0. The second kappa shape index (κ2) is 1.66. The maximum atomic E-state index is 10.2. The van der Waals surface area contributed by atoms with Crippen LogP contribution in [0.2, 0.25) is 0 Å². The molecule has 52 valence electrons. The molecule has 5 nitrogen and oxygen atoms in total. The minimum atomic E-state index is -1.52. The molecule has 0 amide bonds. The molecule has 0 aliphatic rings. The molecule has 0 bridgehead atoms. The van der Waals surface area contributed by atoms with Gasteiger partial charge in [-0.05, 0) is 0 Å².